The number of ether oxygens (including phenoxy) is 2. The van der Waals surface area contributed by atoms with Crippen molar-refractivity contribution in [3.05, 3.63) is 30.3 Å². The van der Waals surface area contributed by atoms with Crippen LogP contribution in [0.3, 0.4) is 0 Å². The molecule has 0 heterocycles. The predicted octanol–water partition coefficient (Wildman–Crippen LogP) is 2.56. The summed E-state index contributed by atoms with van der Waals surface area (Å²) in [6.07, 6.45) is 0. The van der Waals surface area contributed by atoms with E-state index in [-0.39, 0.29) is 5.75 Å². The van der Waals surface area contributed by atoms with Gasteiger partial charge in [-0.3, -0.25) is 0 Å². The fourth-order valence-corrected chi connectivity index (χ4v) is 1.68. The summed E-state index contributed by atoms with van der Waals surface area (Å²) < 4.78 is 10.3. The summed E-state index contributed by atoms with van der Waals surface area (Å²) in [4.78, 5) is 0. The third-order valence-electron chi connectivity index (χ3n) is 2.36. The van der Waals surface area contributed by atoms with Crippen LogP contribution in [0.25, 0.3) is 10.8 Å². The van der Waals surface area contributed by atoms with Gasteiger partial charge in [0.25, 0.3) is 0 Å². The molecule has 2 rings (SSSR count). The first-order chi connectivity index (χ1) is 7.27. The molecule has 0 aliphatic rings. The van der Waals surface area contributed by atoms with Crippen molar-refractivity contribution >= 4 is 10.8 Å². The molecular formula is C12H12O3. The van der Waals surface area contributed by atoms with E-state index < -0.39 is 0 Å². The molecule has 0 saturated heterocycles. The van der Waals surface area contributed by atoms with E-state index in [2.05, 4.69) is 0 Å². The number of phenolic OH excluding ortho intramolecular Hbond substituents is 1. The second-order valence-corrected chi connectivity index (χ2v) is 3.18. The molecule has 0 fully saturated rings. The largest absolute Gasteiger partial charge is 0.504 e. The lowest BCUT2D eigenvalue weighted by molar-refractivity contribution is 0.372. The Morgan fingerprint density at radius 1 is 1.00 bits per heavy atom. The molecule has 0 bridgehead atoms. The number of fused-ring (bicyclic) bond motifs is 1. The smallest absolute Gasteiger partial charge is 0.168 e. The van der Waals surface area contributed by atoms with Gasteiger partial charge in [0.2, 0.25) is 0 Å². The lowest BCUT2D eigenvalue weighted by atomic mass is 10.1. The fraction of sp³-hybridized carbons (Fsp3) is 0.167. The van der Waals surface area contributed by atoms with Crippen LogP contribution in [0.5, 0.6) is 17.2 Å². The van der Waals surface area contributed by atoms with Crippen LogP contribution in [0.4, 0.5) is 0 Å². The van der Waals surface area contributed by atoms with Crippen LogP contribution in [0.1, 0.15) is 0 Å². The average molecular weight is 204 g/mol. The summed E-state index contributed by atoms with van der Waals surface area (Å²) in [5.74, 6) is 1.21. The van der Waals surface area contributed by atoms with E-state index >= 15 is 0 Å². The Kier molecular flexibility index (Phi) is 2.37. The van der Waals surface area contributed by atoms with Crippen LogP contribution in [-0.2, 0) is 0 Å². The fourth-order valence-electron chi connectivity index (χ4n) is 1.68. The molecule has 78 valence electrons. The maximum atomic E-state index is 9.72. The summed E-state index contributed by atoms with van der Waals surface area (Å²) >= 11 is 0. The van der Waals surface area contributed by atoms with Crippen LogP contribution in [0, 0.1) is 0 Å². The minimum Gasteiger partial charge on any atom is -0.504 e. The average Bonchev–Trinajstić information content (AvgIpc) is 2.28. The first kappa shape index (κ1) is 9.65. The zero-order valence-corrected chi connectivity index (χ0v) is 8.65. The Bertz CT molecular complexity index is 491. The SMILES string of the molecule is COc1cc(O)c(OC)c2ccccc12. The summed E-state index contributed by atoms with van der Waals surface area (Å²) in [6.45, 7) is 0. The van der Waals surface area contributed by atoms with Gasteiger partial charge in [0, 0.05) is 16.8 Å². The van der Waals surface area contributed by atoms with Crippen molar-refractivity contribution in [1.82, 2.24) is 0 Å². The number of hydrogen-bond acceptors (Lipinski definition) is 3. The van der Waals surface area contributed by atoms with Crippen LogP contribution < -0.4 is 9.47 Å². The number of rotatable bonds is 2. The van der Waals surface area contributed by atoms with E-state index in [1.165, 1.54) is 7.11 Å². The van der Waals surface area contributed by atoms with E-state index in [4.69, 9.17) is 9.47 Å². The molecule has 2 aromatic rings. The van der Waals surface area contributed by atoms with Gasteiger partial charge in [-0.2, -0.15) is 0 Å². The van der Waals surface area contributed by atoms with Crippen molar-refractivity contribution in [2.75, 3.05) is 14.2 Å². The number of benzene rings is 2. The lowest BCUT2D eigenvalue weighted by Gasteiger charge is -2.11. The Morgan fingerprint density at radius 3 is 2.27 bits per heavy atom. The highest BCUT2D eigenvalue weighted by molar-refractivity contribution is 5.95. The Morgan fingerprint density at radius 2 is 1.67 bits per heavy atom. The van der Waals surface area contributed by atoms with Gasteiger partial charge < -0.3 is 14.6 Å². The van der Waals surface area contributed by atoms with E-state index in [0.29, 0.717) is 11.5 Å². The van der Waals surface area contributed by atoms with Gasteiger partial charge in [-0.1, -0.05) is 24.3 Å². The Hall–Kier alpha value is -1.90. The minimum atomic E-state index is 0.0908. The monoisotopic (exact) mass is 204 g/mol. The second kappa shape index (κ2) is 3.69. The van der Waals surface area contributed by atoms with Crippen molar-refractivity contribution in [2.24, 2.45) is 0 Å². The first-order valence-electron chi connectivity index (χ1n) is 4.60. The van der Waals surface area contributed by atoms with Gasteiger partial charge in [0.1, 0.15) is 5.75 Å². The standard InChI is InChI=1S/C12H12O3/c1-14-11-7-10(13)12(15-2)9-6-4-3-5-8(9)11/h3-7,13H,1-2H3. The third kappa shape index (κ3) is 1.46. The van der Waals surface area contributed by atoms with Crippen molar-refractivity contribution in [2.45, 2.75) is 0 Å². The molecule has 0 aromatic heterocycles. The zero-order chi connectivity index (χ0) is 10.8. The number of aromatic hydroxyl groups is 1. The maximum Gasteiger partial charge on any atom is 0.168 e. The molecule has 0 aliphatic carbocycles. The van der Waals surface area contributed by atoms with E-state index in [1.54, 1.807) is 13.2 Å². The number of phenols is 1. The van der Waals surface area contributed by atoms with Crippen molar-refractivity contribution in [3.63, 3.8) is 0 Å². The van der Waals surface area contributed by atoms with Crippen LogP contribution in [0.15, 0.2) is 30.3 Å². The molecule has 0 atom stereocenters. The molecule has 0 saturated carbocycles. The first-order valence-corrected chi connectivity index (χ1v) is 4.60. The molecule has 0 amide bonds. The summed E-state index contributed by atoms with van der Waals surface area (Å²) in [7, 11) is 3.11. The highest BCUT2D eigenvalue weighted by Gasteiger charge is 2.11. The Balaban J connectivity index is 2.86. The van der Waals surface area contributed by atoms with E-state index in [0.717, 1.165) is 10.8 Å². The molecule has 0 aliphatic heterocycles. The predicted molar refractivity (Wildman–Crippen MR) is 58.7 cm³/mol. The van der Waals surface area contributed by atoms with Crippen LogP contribution in [0.2, 0.25) is 0 Å². The maximum absolute atomic E-state index is 9.72. The van der Waals surface area contributed by atoms with Crippen molar-refractivity contribution in [1.29, 1.82) is 0 Å². The van der Waals surface area contributed by atoms with Gasteiger partial charge in [0.05, 0.1) is 14.2 Å². The highest BCUT2D eigenvalue weighted by Crippen LogP contribution is 2.40. The Labute approximate surface area is 87.9 Å². The quantitative estimate of drug-likeness (QED) is 0.817. The molecule has 3 heteroatoms. The van der Waals surface area contributed by atoms with Crippen molar-refractivity contribution in [3.8, 4) is 17.2 Å². The van der Waals surface area contributed by atoms with Crippen LogP contribution in [-0.4, -0.2) is 19.3 Å². The third-order valence-corrected chi connectivity index (χ3v) is 2.36. The molecule has 0 unspecified atom stereocenters. The summed E-state index contributed by atoms with van der Waals surface area (Å²) in [5, 5.41) is 11.5. The number of hydrogen-bond donors (Lipinski definition) is 1. The molecule has 15 heavy (non-hydrogen) atoms. The summed E-state index contributed by atoms with van der Waals surface area (Å²) in [6, 6.07) is 9.18. The van der Waals surface area contributed by atoms with Gasteiger partial charge in [-0.15, -0.1) is 0 Å². The number of methoxy groups -OCH3 is 2. The van der Waals surface area contributed by atoms with E-state index in [1.807, 2.05) is 24.3 Å². The van der Waals surface area contributed by atoms with Crippen molar-refractivity contribution < 1.29 is 14.6 Å². The topological polar surface area (TPSA) is 38.7 Å². The van der Waals surface area contributed by atoms with Gasteiger partial charge in [0.15, 0.2) is 11.5 Å². The molecule has 0 radical (unpaired) electrons. The van der Waals surface area contributed by atoms with Gasteiger partial charge >= 0.3 is 0 Å². The van der Waals surface area contributed by atoms with Crippen LogP contribution >= 0.6 is 0 Å². The molecule has 0 spiro atoms. The molecule has 1 N–H and O–H groups in total. The van der Waals surface area contributed by atoms with Gasteiger partial charge in [-0.05, 0) is 0 Å². The normalized spacial score (nSPS) is 10.3. The zero-order valence-electron chi connectivity index (χ0n) is 8.65. The molecule has 2 aromatic carbocycles. The van der Waals surface area contributed by atoms with E-state index in [9.17, 15) is 5.11 Å². The summed E-state index contributed by atoms with van der Waals surface area (Å²) in [5.41, 5.74) is 0. The molecule has 3 nitrogen and oxygen atoms in total. The lowest BCUT2D eigenvalue weighted by Crippen LogP contribution is -1.90. The highest BCUT2D eigenvalue weighted by atomic mass is 16.5. The second-order valence-electron chi connectivity index (χ2n) is 3.18. The van der Waals surface area contributed by atoms with Gasteiger partial charge in [-0.25, -0.2) is 0 Å². The minimum absolute atomic E-state index is 0.0908. The molecular weight excluding hydrogens is 192 g/mol.